The maximum Gasteiger partial charge on any atom is 0.335 e. The van der Waals surface area contributed by atoms with Gasteiger partial charge in [-0.25, -0.2) is 9.69 Å². The summed E-state index contributed by atoms with van der Waals surface area (Å²) in [4.78, 5) is 39.1. The van der Waals surface area contributed by atoms with E-state index in [1.165, 1.54) is 6.08 Å². The molecule has 3 aromatic carbocycles. The standard InChI is InChI=1S/C28H25ClN2O5/c1-3-18-7-12-22(13-8-18)31-27(33)23(26(32)30-28(31)34)15-20-9-14-24(25(16-20)35-4-2)36-17-19-5-10-21(29)11-6-19/h5-16H,3-4,17H2,1-2H3,(H,30,32,34)/b23-15-. The van der Waals surface area contributed by atoms with Gasteiger partial charge in [0.25, 0.3) is 11.8 Å². The molecule has 0 bridgehead atoms. The fourth-order valence-corrected chi connectivity index (χ4v) is 3.81. The van der Waals surface area contributed by atoms with Crippen molar-refractivity contribution in [3.05, 3.63) is 94.0 Å². The van der Waals surface area contributed by atoms with Crippen LogP contribution in [0, 0.1) is 0 Å². The third-order valence-electron chi connectivity index (χ3n) is 5.59. The van der Waals surface area contributed by atoms with E-state index < -0.39 is 17.8 Å². The summed E-state index contributed by atoms with van der Waals surface area (Å²) in [6.07, 6.45) is 2.26. The van der Waals surface area contributed by atoms with Gasteiger partial charge in [-0.1, -0.05) is 48.9 Å². The van der Waals surface area contributed by atoms with E-state index in [0.29, 0.717) is 41.0 Å². The molecule has 1 heterocycles. The SMILES string of the molecule is CCOc1cc(/C=C2/C(=O)NC(=O)N(c3ccc(CC)cc3)C2=O)ccc1OCc1ccc(Cl)cc1. The number of benzene rings is 3. The lowest BCUT2D eigenvalue weighted by Gasteiger charge is -2.26. The Labute approximate surface area is 214 Å². The molecule has 1 saturated heterocycles. The van der Waals surface area contributed by atoms with E-state index in [1.54, 1.807) is 42.5 Å². The molecule has 1 aliphatic rings. The van der Waals surface area contributed by atoms with Crippen LogP contribution in [-0.4, -0.2) is 24.5 Å². The van der Waals surface area contributed by atoms with Crippen LogP contribution in [0.5, 0.6) is 11.5 Å². The number of ether oxygens (including phenoxy) is 2. The monoisotopic (exact) mass is 504 g/mol. The number of barbiturate groups is 1. The van der Waals surface area contributed by atoms with Crippen LogP contribution in [0.4, 0.5) is 10.5 Å². The summed E-state index contributed by atoms with van der Waals surface area (Å²) in [5, 5.41) is 2.89. The summed E-state index contributed by atoms with van der Waals surface area (Å²) in [6.45, 7) is 4.57. The number of hydrogen-bond acceptors (Lipinski definition) is 5. The van der Waals surface area contributed by atoms with Gasteiger partial charge < -0.3 is 9.47 Å². The molecule has 0 aliphatic carbocycles. The minimum atomic E-state index is -0.785. The molecule has 0 saturated carbocycles. The van der Waals surface area contributed by atoms with Crippen molar-refractivity contribution in [2.45, 2.75) is 26.9 Å². The van der Waals surface area contributed by atoms with Crippen LogP contribution in [0.1, 0.15) is 30.5 Å². The van der Waals surface area contributed by atoms with Crippen LogP contribution in [0.25, 0.3) is 6.08 Å². The summed E-state index contributed by atoms with van der Waals surface area (Å²) >= 11 is 5.94. The lowest BCUT2D eigenvalue weighted by Crippen LogP contribution is -2.54. The van der Waals surface area contributed by atoms with Gasteiger partial charge in [0, 0.05) is 5.02 Å². The Morgan fingerprint density at radius 3 is 2.22 bits per heavy atom. The normalized spacial score (nSPS) is 14.7. The van der Waals surface area contributed by atoms with Crippen molar-refractivity contribution in [1.29, 1.82) is 0 Å². The number of carbonyl (C=O) groups is 3. The third-order valence-corrected chi connectivity index (χ3v) is 5.84. The van der Waals surface area contributed by atoms with E-state index in [-0.39, 0.29) is 5.57 Å². The van der Waals surface area contributed by atoms with Crippen LogP contribution >= 0.6 is 11.6 Å². The van der Waals surface area contributed by atoms with Gasteiger partial charge >= 0.3 is 6.03 Å². The van der Waals surface area contributed by atoms with Gasteiger partial charge in [-0.2, -0.15) is 0 Å². The molecule has 184 valence electrons. The number of rotatable bonds is 8. The van der Waals surface area contributed by atoms with Crippen molar-refractivity contribution in [3.63, 3.8) is 0 Å². The second kappa shape index (κ2) is 11.1. The summed E-state index contributed by atoms with van der Waals surface area (Å²) in [5.41, 5.74) is 2.78. The Balaban J connectivity index is 1.59. The minimum Gasteiger partial charge on any atom is -0.490 e. The number of nitrogens with one attached hydrogen (secondary N) is 1. The lowest BCUT2D eigenvalue weighted by atomic mass is 10.1. The number of urea groups is 1. The summed E-state index contributed by atoms with van der Waals surface area (Å²) in [7, 11) is 0. The molecule has 1 N–H and O–H groups in total. The first-order chi connectivity index (χ1) is 17.4. The van der Waals surface area contributed by atoms with Crippen LogP contribution in [0.3, 0.4) is 0 Å². The number of anilines is 1. The highest BCUT2D eigenvalue weighted by molar-refractivity contribution is 6.39. The van der Waals surface area contributed by atoms with Gasteiger partial charge in [0.15, 0.2) is 11.5 Å². The summed E-state index contributed by atoms with van der Waals surface area (Å²) in [6, 6.07) is 18.7. The maximum absolute atomic E-state index is 13.2. The molecule has 0 radical (unpaired) electrons. The van der Waals surface area contributed by atoms with Gasteiger partial charge in [0.05, 0.1) is 12.3 Å². The van der Waals surface area contributed by atoms with E-state index in [4.69, 9.17) is 21.1 Å². The predicted octanol–water partition coefficient (Wildman–Crippen LogP) is 5.55. The molecule has 1 aliphatic heterocycles. The maximum atomic E-state index is 13.2. The molecule has 8 heteroatoms. The van der Waals surface area contributed by atoms with Crippen molar-refractivity contribution < 1.29 is 23.9 Å². The lowest BCUT2D eigenvalue weighted by molar-refractivity contribution is -0.122. The molecule has 4 amide bonds. The van der Waals surface area contributed by atoms with Crippen LogP contribution < -0.4 is 19.7 Å². The minimum absolute atomic E-state index is 0.161. The molecule has 0 aromatic heterocycles. The number of carbonyl (C=O) groups excluding carboxylic acids is 3. The van der Waals surface area contributed by atoms with Crippen LogP contribution in [-0.2, 0) is 22.6 Å². The van der Waals surface area contributed by atoms with Crippen molar-refractivity contribution in [1.82, 2.24) is 5.32 Å². The molecular weight excluding hydrogens is 480 g/mol. The van der Waals surface area contributed by atoms with Gasteiger partial charge in [-0.3, -0.25) is 14.9 Å². The largest absolute Gasteiger partial charge is 0.490 e. The number of hydrogen-bond donors (Lipinski definition) is 1. The smallest absolute Gasteiger partial charge is 0.335 e. The third kappa shape index (κ3) is 5.58. The molecular formula is C28H25ClN2O5. The molecule has 3 aromatic rings. The molecule has 0 spiro atoms. The second-order valence-electron chi connectivity index (χ2n) is 8.03. The first kappa shape index (κ1) is 25.0. The predicted molar refractivity (Wildman–Crippen MR) is 138 cm³/mol. The Kier molecular flexibility index (Phi) is 7.71. The number of imide groups is 2. The van der Waals surface area contributed by atoms with Crippen molar-refractivity contribution >= 4 is 41.2 Å². The molecule has 0 atom stereocenters. The van der Waals surface area contributed by atoms with E-state index >= 15 is 0 Å². The van der Waals surface area contributed by atoms with Crippen LogP contribution in [0.15, 0.2) is 72.3 Å². The van der Waals surface area contributed by atoms with E-state index in [9.17, 15) is 14.4 Å². The molecule has 1 fully saturated rings. The Morgan fingerprint density at radius 2 is 1.56 bits per heavy atom. The quantitative estimate of drug-likeness (QED) is 0.321. The fourth-order valence-electron chi connectivity index (χ4n) is 3.68. The topological polar surface area (TPSA) is 84.9 Å². The highest BCUT2D eigenvalue weighted by Gasteiger charge is 2.36. The van der Waals surface area contributed by atoms with Crippen LogP contribution in [0.2, 0.25) is 5.02 Å². The molecule has 0 unspecified atom stereocenters. The summed E-state index contributed by atoms with van der Waals surface area (Å²) in [5.74, 6) is -0.477. The van der Waals surface area contributed by atoms with Gasteiger partial charge in [0.1, 0.15) is 12.2 Å². The first-order valence-electron chi connectivity index (χ1n) is 11.5. The number of amides is 4. The average Bonchev–Trinajstić information content (AvgIpc) is 2.87. The van der Waals surface area contributed by atoms with E-state index in [1.807, 2.05) is 38.1 Å². The van der Waals surface area contributed by atoms with Crippen molar-refractivity contribution in [2.75, 3.05) is 11.5 Å². The zero-order valence-electron chi connectivity index (χ0n) is 19.9. The van der Waals surface area contributed by atoms with E-state index in [2.05, 4.69) is 5.32 Å². The zero-order chi connectivity index (χ0) is 25.7. The molecule has 36 heavy (non-hydrogen) atoms. The number of halogens is 1. The Morgan fingerprint density at radius 1 is 0.861 bits per heavy atom. The number of nitrogens with zero attached hydrogens (tertiary/aromatic N) is 1. The molecule has 4 rings (SSSR count). The van der Waals surface area contributed by atoms with Crippen molar-refractivity contribution in [2.24, 2.45) is 0 Å². The Hall–Kier alpha value is -4.10. The zero-order valence-corrected chi connectivity index (χ0v) is 20.7. The average molecular weight is 505 g/mol. The molecule has 7 nitrogen and oxygen atoms in total. The Bertz CT molecular complexity index is 1320. The van der Waals surface area contributed by atoms with E-state index in [0.717, 1.165) is 22.4 Å². The number of aryl methyl sites for hydroxylation is 1. The summed E-state index contributed by atoms with van der Waals surface area (Å²) < 4.78 is 11.7. The fraction of sp³-hybridized carbons (Fsp3) is 0.179. The van der Waals surface area contributed by atoms with Gasteiger partial charge in [-0.05, 0) is 72.5 Å². The second-order valence-corrected chi connectivity index (χ2v) is 8.47. The first-order valence-corrected chi connectivity index (χ1v) is 11.9. The van der Waals surface area contributed by atoms with Gasteiger partial charge in [0.2, 0.25) is 0 Å². The highest BCUT2D eigenvalue weighted by atomic mass is 35.5. The highest BCUT2D eigenvalue weighted by Crippen LogP contribution is 2.31. The van der Waals surface area contributed by atoms with Gasteiger partial charge in [-0.15, -0.1) is 0 Å². The van der Waals surface area contributed by atoms with Crippen molar-refractivity contribution in [3.8, 4) is 11.5 Å².